The molecule has 8 fully saturated rings. The van der Waals surface area contributed by atoms with E-state index in [2.05, 4.69) is 27.7 Å². The molecule has 244 valence electrons. The normalized spacial score (nSPS) is 61.6. The number of ether oxygens (including phenoxy) is 4. The molecule has 9 heteroatoms. The van der Waals surface area contributed by atoms with E-state index in [0.29, 0.717) is 11.8 Å². The van der Waals surface area contributed by atoms with E-state index < -0.39 is 48.2 Å². The maximum absolute atomic E-state index is 12.5. The van der Waals surface area contributed by atoms with Gasteiger partial charge in [0.2, 0.25) is 0 Å². The lowest BCUT2D eigenvalue weighted by Crippen LogP contribution is -2.61. The summed E-state index contributed by atoms with van der Waals surface area (Å²) in [6.45, 7) is 12.9. The number of aliphatic hydroxyl groups excluding tert-OH is 4. The van der Waals surface area contributed by atoms with Gasteiger partial charge in [-0.15, -0.1) is 0 Å². The number of hydrogen-bond acceptors (Lipinski definition) is 9. The van der Waals surface area contributed by atoms with E-state index in [-0.39, 0.29) is 51.8 Å². The molecule has 3 aliphatic heterocycles. The molecule has 3 saturated heterocycles. The van der Waals surface area contributed by atoms with Crippen molar-refractivity contribution in [2.75, 3.05) is 6.61 Å². The third-order valence-electron chi connectivity index (χ3n) is 15.6. The van der Waals surface area contributed by atoms with Crippen LogP contribution < -0.4 is 0 Å². The van der Waals surface area contributed by atoms with Crippen molar-refractivity contribution in [3.05, 3.63) is 0 Å². The standard InChI is InChI=1S/C34H54O9/c1-28(2)19-9-10-21-31(6)27(38)34-20(8-7-18(42-34)25(43-34)29(3,4)39)30(31,5)13-14-33(21)16-32(19,33)12-11-22(28)41-26-24(37)23(36)17(35)15-40-26/h17-27,35-39H,7-16H2,1-6H3/t17-,18-,19-,20-,21+,22+,23+,24-,25+,26+,27-,30-,31-,32-,33+,34+/m1/s1. The Labute approximate surface area is 255 Å². The second kappa shape index (κ2) is 8.75. The first kappa shape index (κ1) is 30.0. The van der Waals surface area contributed by atoms with Gasteiger partial charge in [-0.05, 0) is 105 Å². The summed E-state index contributed by atoms with van der Waals surface area (Å²) in [5, 5.41) is 54.3. The van der Waals surface area contributed by atoms with Gasteiger partial charge in [-0.25, -0.2) is 0 Å². The molecule has 0 amide bonds. The van der Waals surface area contributed by atoms with E-state index in [9.17, 15) is 25.5 Å². The Hall–Kier alpha value is -0.360. The van der Waals surface area contributed by atoms with Crippen molar-refractivity contribution in [3.63, 3.8) is 0 Å². The Morgan fingerprint density at radius 2 is 1.44 bits per heavy atom. The van der Waals surface area contributed by atoms with E-state index in [1.807, 2.05) is 0 Å². The molecule has 0 aromatic rings. The second-order valence-electron chi connectivity index (χ2n) is 17.7. The van der Waals surface area contributed by atoms with Crippen LogP contribution in [0.2, 0.25) is 0 Å². The zero-order valence-electron chi connectivity index (χ0n) is 26.8. The van der Waals surface area contributed by atoms with Crippen LogP contribution in [-0.4, -0.2) is 92.5 Å². The highest BCUT2D eigenvalue weighted by molar-refractivity contribution is 5.34. The van der Waals surface area contributed by atoms with Gasteiger partial charge in [0.1, 0.15) is 30.5 Å². The van der Waals surface area contributed by atoms with Gasteiger partial charge in [0.15, 0.2) is 12.1 Å². The summed E-state index contributed by atoms with van der Waals surface area (Å²) in [5.41, 5.74) is -1.31. The maximum atomic E-state index is 12.5. The minimum Gasteiger partial charge on any atom is -0.388 e. The predicted molar refractivity (Wildman–Crippen MR) is 154 cm³/mol. The number of hydrogen-bond donors (Lipinski definition) is 5. The summed E-state index contributed by atoms with van der Waals surface area (Å²) in [7, 11) is 0. The zero-order chi connectivity index (χ0) is 30.8. The molecule has 0 aromatic heterocycles. The van der Waals surface area contributed by atoms with Gasteiger partial charge in [-0.1, -0.05) is 27.7 Å². The lowest BCUT2D eigenvalue weighted by molar-refractivity contribution is -0.303. The average molecular weight is 607 g/mol. The van der Waals surface area contributed by atoms with Gasteiger partial charge >= 0.3 is 0 Å². The lowest BCUT2D eigenvalue weighted by Gasteiger charge is -2.63. The lowest BCUT2D eigenvalue weighted by atomic mass is 9.41. The smallest absolute Gasteiger partial charge is 0.199 e. The number of aliphatic hydroxyl groups is 5. The van der Waals surface area contributed by atoms with Crippen LogP contribution in [0.25, 0.3) is 0 Å². The minimum absolute atomic E-state index is 0.0545. The number of rotatable bonds is 3. The topological polar surface area (TPSA) is 138 Å². The van der Waals surface area contributed by atoms with E-state index in [0.717, 1.165) is 51.4 Å². The molecule has 5 aliphatic carbocycles. The fourth-order valence-electron chi connectivity index (χ4n) is 13.4. The average Bonchev–Trinajstić information content (AvgIpc) is 3.47. The molecule has 0 unspecified atom stereocenters. The fourth-order valence-corrected chi connectivity index (χ4v) is 13.4. The molecule has 8 rings (SSSR count). The summed E-state index contributed by atoms with van der Waals surface area (Å²) >= 11 is 0. The molecule has 16 atom stereocenters. The van der Waals surface area contributed by atoms with E-state index >= 15 is 0 Å². The van der Waals surface area contributed by atoms with Crippen molar-refractivity contribution in [3.8, 4) is 0 Å². The third-order valence-corrected chi connectivity index (χ3v) is 15.6. The second-order valence-corrected chi connectivity index (χ2v) is 17.7. The van der Waals surface area contributed by atoms with Gasteiger partial charge in [0.05, 0.1) is 24.4 Å². The fraction of sp³-hybridized carbons (Fsp3) is 1.00. The first-order valence-corrected chi connectivity index (χ1v) is 17.1. The Balaban J connectivity index is 1.08. The highest BCUT2D eigenvalue weighted by Crippen LogP contribution is 2.90. The molecule has 2 bridgehead atoms. The van der Waals surface area contributed by atoms with Crippen molar-refractivity contribution in [1.29, 1.82) is 0 Å². The maximum Gasteiger partial charge on any atom is 0.199 e. The van der Waals surface area contributed by atoms with E-state index in [4.69, 9.17) is 18.9 Å². The minimum atomic E-state index is -1.28. The van der Waals surface area contributed by atoms with Gasteiger partial charge in [0, 0.05) is 11.3 Å². The summed E-state index contributed by atoms with van der Waals surface area (Å²) in [5.74, 6) is -0.137. The quantitative estimate of drug-likeness (QED) is 0.307. The van der Waals surface area contributed by atoms with Crippen molar-refractivity contribution in [2.45, 2.75) is 160 Å². The highest BCUT2D eigenvalue weighted by atomic mass is 16.8. The molecular formula is C34H54O9. The predicted octanol–water partition coefficient (Wildman–Crippen LogP) is 2.88. The molecular weight excluding hydrogens is 552 g/mol. The van der Waals surface area contributed by atoms with Crippen molar-refractivity contribution in [2.24, 2.45) is 44.8 Å². The first-order valence-electron chi connectivity index (χ1n) is 17.1. The van der Waals surface area contributed by atoms with Crippen LogP contribution in [0.15, 0.2) is 0 Å². The van der Waals surface area contributed by atoms with Crippen LogP contribution >= 0.6 is 0 Å². The molecule has 0 aromatic carbocycles. The van der Waals surface area contributed by atoms with Crippen LogP contribution in [0.5, 0.6) is 0 Å². The molecule has 9 nitrogen and oxygen atoms in total. The molecule has 5 saturated carbocycles. The number of fused-ring (bicyclic) bond motifs is 4. The van der Waals surface area contributed by atoms with Crippen molar-refractivity contribution in [1.82, 2.24) is 0 Å². The highest BCUT2D eigenvalue weighted by Gasteiger charge is 2.87. The summed E-state index contributed by atoms with van der Waals surface area (Å²) < 4.78 is 25.6. The van der Waals surface area contributed by atoms with Crippen LogP contribution in [-0.2, 0) is 18.9 Å². The molecule has 3 heterocycles. The van der Waals surface area contributed by atoms with Crippen molar-refractivity contribution >= 4 is 0 Å². The molecule has 3 spiro atoms. The van der Waals surface area contributed by atoms with Gasteiger partial charge in [-0.3, -0.25) is 0 Å². The van der Waals surface area contributed by atoms with Gasteiger partial charge in [-0.2, -0.15) is 0 Å². The SMILES string of the molecule is CC(C)(O)[C@H]1O[C@@]23O[C@@H]1CC[C@@H]2[C@@]1(C)CC[C@@]24C[C@@]25CC[C@H](O[C@@H]2OC[C@@H](O)[C@H](O)[C@H]2O)C(C)(C)[C@H]5CC[C@H]4[C@]1(C)[C@H]3O. The molecule has 8 aliphatic rings. The Bertz CT molecular complexity index is 1170. The molecule has 5 N–H and O–H groups in total. The summed E-state index contributed by atoms with van der Waals surface area (Å²) in [6, 6.07) is 0. The third kappa shape index (κ3) is 3.36. The largest absolute Gasteiger partial charge is 0.388 e. The van der Waals surface area contributed by atoms with E-state index in [1.165, 1.54) is 6.42 Å². The van der Waals surface area contributed by atoms with Crippen LogP contribution in [0.4, 0.5) is 0 Å². The summed E-state index contributed by atoms with van der Waals surface area (Å²) in [6.07, 6.45) is 3.08. The molecule has 0 radical (unpaired) electrons. The van der Waals surface area contributed by atoms with Gasteiger partial charge < -0.3 is 44.5 Å². The Morgan fingerprint density at radius 1 is 0.767 bits per heavy atom. The van der Waals surface area contributed by atoms with Crippen molar-refractivity contribution < 1.29 is 44.5 Å². The van der Waals surface area contributed by atoms with Crippen LogP contribution in [0.1, 0.15) is 99.3 Å². The van der Waals surface area contributed by atoms with Crippen LogP contribution in [0, 0.1) is 44.8 Å². The zero-order valence-corrected chi connectivity index (χ0v) is 26.8. The Morgan fingerprint density at radius 3 is 2.16 bits per heavy atom. The van der Waals surface area contributed by atoms with Crippen LogP contribution in [0.3, 0.4) is 0 Å². The van der Waals surface area contributed by atoms with Gasteiger partial charge in [0.25, 0.3) is 0 Å². The monoisotopic (exact) mass is 606 g/mol. The molecule has 43 heavy (non-hydrogen) atoms. The van der Waals surface area contributed by atoms with E-state index in [1.54, 1.807) is 13.8 Å². The Kier molecular flexibility index (Phi) is 6.11. The summed E-state index contributed by atoms with van der Waals surface area (Å²) in [4.78, 5) is 0. The first-order chi connectivity index (χ1) is 20.0.